The molecule has 116 valence electrons. The summed E-state index contributed by atoms with van der Waals surface area (Å²) in [5.41, 5.74) is 1.28. The molecule has 1 heterocycles. The minimum atomic E-state index is -2.67. The van der Waals surface area contributed by atoms with Crippen LogP contribution in [0, 0.1) is 5.92 Å². The van der Waals surface area contributed by atoms with E-state index in [9.17, 15) is 4.57 Å². The Morgan fingerprint density at radius 3 is 2.17 bits per heavy atom. The van der Waals surface area contributed by atoms with Gasteiger partial charge < -0.3 is 4.57 Å². The van der Waals surface area contributed by atoms with E-state index in [-0.39, 0.29) is 17.6 Å². The van der Waals surface area contributed by atoms with Crippen LogP contribution in [0.5, 0.6) is 0 Å². The zero-order chi connectivity index (χ0) is 15.9. The smallest absolute Gasteiger partial charge is 0.186 e. The Balaban J connectivity index is 1.87. The minimum absolute atomic E-state index is 0.0464. The first-order valence-corrected chi connectivity index (χ1v) is 9.74. The van der Waals surface area contributed by atoms with Gasteiger partial charge in [-0.3, -0.25) is 0 Å². The topological polar surface area (TPSA) is 20.3 Å². The van der Waals surface area contributed by atoms with Crippen molar-refractivity contribution in [1.82, 2.24) is 4.67 Å². The largest absolute Gasteiger partial charge is 0.301 e. The van der Waals surface area contributed by atoms with E-state index in [2.05, 4.69) is 47.2 Å². The van der Waals surface area contributed by atoms with E-state index in [1.54, 1.807) is 0 Å². The van der Waals surface area contributed by atoms with Crippen LogP contribution in [0.3, 0.4) is 0 Å². The van der Waals surface area contributed by atoms with Gasteiger partial charge in [-0.1, -0.05) is 85.0 Å². The monoisotopic (exact) mass is 321 g/mol. The Labute approximate surface area is 137 Å². The highest BCUT2D eigenvalue weighted by atomic mass is 31.2. The van der Waals surface area contributed by atoms with Gasteiger partial charge in [-0.2, -0.15) is 0 Å². The Kier molecular flexibility index (Phi) is 3.60. The fourth-order valence-corrected chi connectivity index (χ4v) is 7.43. The van der Waals surface area contributed by atoms with Gasteiger partial charge in [0.05, 0.1) is 5.66 Å². The summed E-state index contributed by atoms with van der Waals surface area (Å²) in [7, 11) is -0.652. The summed E-state index contributed by atoms with van der Waals surface area (Å²) in [6.07, 6.45) is 8.49. The molecule has 0 N–H and O–H groups in total. The zero-order valence-corrected chi connectivity index (χ0v) is 14.0. The maximum Gasteiger partial charge on any atom is 0.186 e. The lowest BCUT2D eigenvalue weighted by Crippen LogP contribution is -2.22. The molecule has 0 radical (unpaired) electrons. The van der Waals surface area contributed by atoms with Crippen molar-refractivity contribution in [2.24, 2.45) is 5.92 Å². The van der Waals surface area contributed by atoms with E-state index in [4.69, 9.17) is 0 Å². The second-order valence-electron chi connectivity index (χ2n) is 6.23. The second-order valence-corrected chi connectivity index (χ2v) is 9.21. The predicted octanol–water partition coefficient (Wildman–Crippen LogP) is 4.39. The van der Waals surface area contributed by atoms with Crippen LogP contribution in [0.25, 0.3) is 0 Å². The van der Waals surface area contributed by atoms with Crippen molar-refractivity contribution in [3.63, 3.8) is 0 Å². The molecule has 0 aromatic heterocycles. The maximum atomic E-state index is 14.1. The van der Waals surface area contributed by atoms with Gasteiger partial charge in [0.1, 0.15) is 0 Å². The summed E-state index contributed by atoms with van der Waals surface area (Å²) in [6, 6.07) is 20.5. The molecule has 1 aliphatic carbocycles. The third-order valence-corrected chi connectivity index (χ3v) is 8.60. The third-order valence-electron chi connectivity index (χ3n) is 5.05. The summed E-state index contributed by atoms with van der Waals surface area (Å²) in [6.45, 7) is 0. The molecule has 1 saturated heterocycles. The number of allylic oxidation sites excluding steroid dienone is 3. The first-order chi connectivity index (χ1) is 11.2. The zero-order valence-electron chi connectivity index (χ0n) is 13.1. The van der Waals surface area contributed by atoms with Crippen LogP contribution >= 0.6 is 7.29 Å². The number of nitrogens with zero attached hydrogens (tertiary/aromatic N) is 1. The van der Waals surface area contributed by atoms with Gasteiger partial charge in [-0.15, -0.1) is 0 Å². The molecule has 1 unspecified atom stereocenters. The fraction of sp³-hybridized carbons (Fsp3) is 0.200. The first kappa shape index (κ1) is 14.7. The van der Waals surface area contributed by atoms with Crippen LogP contribution in [0.1, 0.15) is 11.6 Å². The minimum Gasteiger partial charge on any atom is -0.301 e. The summed E-state index contributed by atoms with van der Waals surface area (Å²) in [5, 5.41) is 0.955. The van der Waals surface area contributed by atoms with Crippen LogP contribution in [0.2, 0.25) is 0 Å². The Hall–Kier alpha value is -1.89. The lowest BCUT2D eigenvalue weighted by Gasteiger charge is -2.27. The highest BCUT2D eigenvalue weighted by molar-refractivity contribution is 7.70. The van der Waals surface area contributed by atoms with Gasteiger partial charge in [0.25, 0.3) is 0 Å². The van der Waals surface area contributed by atoms with Gasteiger partial charge in [0.2, 0.25) is 0 Å². The van der Waals surface area contributed by atoms with E-state index in [0.29, 0.717) is 0 Å². The van der Waals surface area contributed by atoms with Crippen LogP contribution < -0.4 is 5.30 Å². The van der Waals surface area contributed by atoms with Crippen LogP contribution in [-0.2, 0) is 4.57 Å². The molecule has 1 fully saturated rings. The number of hydrogen-bond acceptors (Lipinski definition) is 1. The molecule has 0 amide bonds. The van der Waals surface area contributed by atoms with Crippen LogP contribution in [-0.4, -0.2) is 17.4 Å². The summed E-state index contributed by atoms with van der Waals surface area (Å²) >= 11 is 0. The molecule has 3 heteroatoms. The molecule has 4 atom stereocenters. The average Bonchev–Trinajstić information content (AvgIpc) is 2.86. The Morgan fingerprint density at radius 1 is 0.870 bits per heavy atom. The van der Waals surface area contributed by atoms with Crippen molar-refractivity contribution in [2.75, 3.05) is 7.05 Å². The van der Waals surface area contributed by atoms with Gasteiger partial charge in [-0.25, -0.2) is 4.67 Å². The van der Waals surface area contributed by atoms with Crippen molar-refractivity contribution >= 4 is 12.6 Å². The molecule has 1 aliphatic heterocycles. The molecule has 23 heavy (non-hydrogen) atoms. The highest BCUT2D eigenvalue weighted by Gasteiger charge is 2.54. The van der Waals surface area contributed by atoms with Crippen molar-refractivity contribution in [3.05, 3.63) is 90.5 Å². The summed E-state index contributed by atoms with van der Waals surface area (Å²) in [5.74, 6) is 0.249. The standard InChI is InChI=1S/C20H20NOP/c1-21-20(16-10-4-2-5-11-16)18-14-8-9-15-19(18)23(21,22)17-12-6-3-7-13-17/h2-15,18-20H,1H3/t18-,19+,20+,23?/m1/s1. The lowest BCUT2D eigenvalue weighted by molar-refractivity contribution is 0.361. The van der Waals surface area contributed by atoms with Crippen molar-refractivity contribution < 1.29 is 4.57 Å². The summed E-state index contributed by atoms with van der Waals surface area (Å²) in [4.78, 5) is 0. The molecular weight excluding hydrogens is 301 g/mol. The molecule has 2 nitrogen and oxygen atoms in total. The number of fused-ring (bicyclic) bond motifs is 1. The molecule has 2 aliphatic rings. The van der Waals surface area contributed by atoms with Crippen molar-refractivity contribution in [1.29, 1.82) is 0 Å². The normalized spacial score (nSPS) is 32.8. The molecule has 0 bridgehead atoms. The predicted molar refractivity (Wildman–Crippen MR) is 96.2 cm³/mol. The van der Waals surface area contributed by atoms with Gasteiger partial charge >= 0.3 is 0 Å². The van der Waals surface area contributed by atoms with Crippen LogP contribution in [0.4, 0.5) is 0 Å². The number of rotatable bonds is 2. The highest BCUT2D eigenvalue weighted by Crippen LogP contribution is 2.67. The summed E-state index contributed by atoms with van der Waals surface area (Å²) < 4.78 is 16.3. The van der Waals surface area contributed by atoms with Crippen molar-refractivity contribution in [2.45, 2.75) is 11.7 Å². The molecule has 0 spiro atoms. The molecule has 0 saturated carbocycles. The first-order valence-electron chi connectivity index (χ1n) is 8.01. The molecule has 4 rings (SSSR count). The van der Waals surface area contributed by atoms with E-state index in [1.165, 1.54) is 5.56 Å². The maximum absolute atomic E-state index is 14.1. The lowest BCUT2D eigenvalue weighted by atomic mass is 9.88. The van der Waals surface area contributed by atoms with Crippen molar-refractivity contribution in [3.8, 4) is 0 Å². The third kappa shape index (κ3) is 2.17. The second kappa shape index (κ2) is 5.63. The van der Waals surface area contributed by atoms with E-state index in [1.807, 2.05) is 49.5 Å². The quantitative estimate of drug-likeness (QED) is 0.765. The molecular formula is C20H20NOP. The molecule has 2 aromatic carbocycles. The fourth-order valence-electron chi connectivity index (χ4n) is 3.98. The van der Waals surface area contributed by atoms with E-state index >= 15 is 0 Å². The van der Waals surface area contributed by atoms with E-state index in [0.717, 1.165) is 5.30 Å². The number of benzene rings is 2. The van der Waals surface area contributed by atoms with Gasteiger partial charge in [0, 0.05) is 17.3 Å². The van der Waals surface area contributed by atoms with Crippen LogP contribution in [0.15, 0.2) is 85.0 Å². The molecule has 2 aromatic rings. The Bertz CT molecular complexity index is 797. The SMILES string of the molecule is CN1[C@@H](c2ccccc2)[C@@H]2C=CC=C[C@@H]2P1(=O)c1ccccc1. The average molecular weight is 321 g/mol. The van der Waals surface area contributed by atoms with Gasteiger partial charge in [-0.05, 0) is 12.6 Å². The van der Waals surface area contributed by atoms with Gasteiger partial charge in [0.15, 0.2) is 7.29 Å². The number of hydrogen-bond donors (Lipinski definition) is 0. The van der Waals surface area contributed by atoms with E-state index < -0.39 is 7.29 Å². The Morgan fingerprint density at radius 2 is 1.48 bits per heavy atom.